The third-order valence-electron chi connectivity index (χ3n) is 3.00. The van der Waals surface area contributed by atoms with E-state index in [0.717, 1.165) is 11.3 Å². The van der Waals surface area contributed by atoms with Crippen LogP contribution in [-0.4, -0.2) is 16.7 Å². The van der Waals surface area contributed by atoms with E-state index in [9.17, 15) is 9.90 Å². The summed E-state index contributed by atoms with van der Waals surface area (Å²) in [6, 6.07) is 6.97. The number of nitrogens with zero attached hydrogens (tertiary/aromatic N) is 1. The van der Waals surface area contributed by atoms with E-state index in [1.54, 1.807) is 18.2 Å². The van der Waals surface area contributed by atoms with Gasteiger partial charge in [0.25, 0.3) is 0 Å². The van der Waals surface area contributed by atoms with E-state index in [2.05, 4.69) is 24.4 Å². The molecule has 0 spiro atoms. The number of amides is 1. The minimum atomic E-state index is -0.0485. The SMILES string of the molecule is CC(C)C1CC(=O)NN=C1c1cccc(O)c1. The van der Waals surface area contributed by atoms with Gasteiger partial charge in [-0.05, 0) is 18.1 Å². The highest BCUT2D eigenvalue weighted by molar-refractivity contribution is 6.06. The predicted molar refractivity (Wildman–Crippen MR) is 65.7 cm³/mol. The molecule has 4 nitrogen and oxygen atoms in total. The van der Waals surface area contributed by atoms with E-state index < -0.39 is 0 Å². The smallest absolute Gasteiger partial charge is 0.240 e. The van der Waals surface area contributed by atoms with E-state index in [0.29, 0.717) is 12.3 Å². The average molecular weight is 232 g/mol. The molecule has 1 aromatic carbocycles. The van der Waals surface area contributed by atoms with Gasteiger partial charge >= 0.3 is 0 Å². The summed E-state index contributed by atoms with van der Waals surface area (Å²) in [5.41, 5.74) is 4.21. The van der Waals surface area contributed by atoms with Crippen LogP contribution in [0.1, 0.15) is 25.8 Å². The summed E-state index contributed by atoms with van der Waals surface area (Å²) < 4.78 is 0. The maximum atomic E-state index is 11.4. The Bertz CT molecular complexity index is 466. The van der Waals surface area contributed by atoms with E-state index >= 15 is 0 Å². The van der Waals surface area contributed by atoms with Crippen molar-refractivity contribution in [2.24, 2.45) is 16.9 Å². The van der Waals surface area contributed by atoms with Crippen LogP contribution in [0.15, 0.2) is 29.4 Å². The van der Waals surface area contributed by atoms with Crippen LogP contribution in [0.5, 0.6) is 5.75 Å². The van der Waals surface area contributed by atoms with Gasteiger partial charge in [-0.2, -0.15) is 5.10 Å². The van der Waals surface area contributed by atoms with Crippen molar-refractivity contribution < 1.29 is 9.90 Å². The van der Waals surface area contributed by atoms with Crippen LogP contribution in [-0.2, 0) is 4.79 Å². The number of rotatable bonds is 2. The fraction of sp³-hybridized carbons (Fsp3) is 0.385. The first kappa shape index (κ1) is 11.6. The topological polar surface area (TPSA) is 61.7 Å². The highest BCUT2D eigenvalue weighted by Crippen LogP contribution is 2.25. The number of phenolic OH excluding ortho intramolecular Hbond substituents is 1. The monoisotopic (exact) mass is 232 g/mol. The number of benzene rings is 1. The number of hydrogen-bond acceptors (Lipinski definition) is 3. The number of hydrazone groups is 1. The lowest BCUT2D eigenvalue weighted by molar-refractivity contribution is -0.122. The normalized spacial score (nSPS) is 20.1. The van der Waals surface area contributed by atoms with Gasteiger partial charge < -0.3 is 5.11 Å². The molecule has 0 saturated heterocycles. The van der Waals surface area contributed by atoms with Crippen LogP contribution in [0.25, 0.3) is 0 Å². The average Bonchev–Trinajstić information content (AvgIpc) is 2.28. The first-order chi connectivity index (χ1) is 8.08. The van der Waals surface area contributed by atoms with E-state index in [1.165, 1.54) is 0 Å². The summed E-state index contributed by atoms with van der Waals surface area (Å²) >= 11 is 0. The fourth-order valence-corrected chi connectivity index (χ4v) is 2.04. The number of aromatic hydroxyl groups is 1. The molecule has 0 radical (unpaired) electrons. The van der Waals surface area contributed by atoms with Crippen LogP contribution < -0.4 is 5.43 Å². The molecule has 1 aromatic rings. The first-order valence-electron chi connectivity index (χ1n) is 5.73. The fourth-order valence-electron chi connectivity index (χ4n) is 2.04. The molecule has 2 N–H and O–H groups in total. The van der Waals surface area contributed by atoms with E-state index in [1.807, 2.05) is 6.07 Å². The van der Waals surface area contributed by atoms with Gasteiger partial charge in [-0.1, -0.05) is 26.0 Å². The third-order valence-corrected chi connectivity index (χ3v) is 3.00. The number of carbonyl (C=O) groups excluding carboxylic acids is 1. The van der Waals surface area contributed by atoms with Gasteiger partial charge in [0.05, 0.1) is 5.71 Å². The van der Waals surface area contributed by atoms with Crippen molar-refractivity contribution >= 4 is 11.6 Å². The molecule has 1 unspecified atom stereocenters. The molecular formula is C13H16N2O2. The lowest BCUT2D eigenvalue weighted by atomic mass is 9.84. The summed E-state index contributed by atoms with van der Waals surface area (Å²) in [7, 11) is 0. The zero-order chi connectivity index (χ0) is 12.4. The minimum Gasteiger partial charge on any atom is -0.508 e. The minimum absolute atomic E-state index is 0.0485. The summed E-state index contributed by atoms with van der Waals surface area (Å²) in [4.78, 5) is 11.4. The van der Waals surface area contributed by atoms with Gasteiger partial charge in [0.1, 0.15) is 5.75 Å². The van der Waals surface area contributed by atoms with E-state index in [4.69, 9.17) is 0 Å². The molecule has 0 aromatic heterocycles. The van der Waals surface area contributed by atoms with Crippen molar-refractivity contribution in [2.75, 3.05) is 0 Å². The Morgan fingerprint density at radius 1 is 1.47 bits per heavy atom. The zero-order valence-corrected chi connectivity index (χ0v) is 9.97. The number of hydrogen-bond donors (Lipinski definition) is 2. The van der Waals surface area contributed by atoms with Crippen molar-refractivity contribution in [3.63, 3.8) is 0 Å². The Morgan fingerprint density at radius 2 is 2.24 bits per heavy atom. The molecule has 4 heteroatoms. The summed E-state index contributed by atoms with van der Waals surface area (Å²) in [6.45, 7) is 4.14. The molecule has 1 aliphatic heterocycles. The summed E-state index contributed by atoms with van der Waals surface area (Å²) in [6.07, 6.45) is 0.451. The van der Waals surface area contributed by atoms with Crippen molar-refractivity contribution in [1.29, 1.82) is 0 Å². The Morgan fingerprint density at radius 3 is 2.88 bits per heavy atom. The Balaban J connectivity index is 2.38. The van der Waals surface area contributed by atoms with Gasteiger partial charge in [0, 0.05) is 17.9 Å². The molecule has 90 valence electrons. The highest BCUT2D eigenvalue weighted by atomic mass is 16.3. The van der Waals surface area contributed by atoms with Gasteiger partial charge in [0.15, 0.2) is 0 Å². The molecule has 0 bridgehead atoms. The van der Waals surface area contributed by atoms with Crippen LogP contribution in [0, 0.1) is 11.8 Å². The quantitative estimate of drug-likeness (QED) is 0.818. The Kier molecular flexibility index (Phi) is 3.13. The lowest BCUT2D eigenvalue weighted by Crippen LogP contribution is -2.35. The molecule has 17 heavy (non-hydrogen) atoms. The largest absolute Gasteiger partial charge is 0.508 e. The standard InChI is InChI=1S/C13H16N2O2/c1-8(2)11-7-12(17)14-15-13(11)9-4-3-5-10(16)6-9/h3-6,8,11,16H,7H2,1-2H3,(H,14,17). The van der Waals surface area contributed by atoms with Crippen molar-refractivity contribution in [1.82, 2.24) is 5.43 Å². The van der Waals surface area contributed by atoms with Crippen LogP contribution in [0.3, 0.4) is 0 Å². The number of nitrogens with one attached hydrogen (secondary N) is 1. The number of carbonyl (C=O) groups is 1. The Hall–Kier alpha value is -1.84. The molecular weight excluding hydrogens is 216 g/mol. The second-order valence-electron chi connectivity index (χ2n) is 4.64. The zero-order valence-electron chi connectivity index (χ0n) is 9.97. The second-order valence-corrected chi connectivity index (χ2v) is 4.64. The Labute approximate surface area is 100 Å². The maximum Gasteiger partial charge on any atom is 0.240 e. The molecule has 2 rings (SSSR count). The predicted octanol–water partition coefficient (Wildman–Crippen LogP) is 1.89. The molecule has 0 aliphatic carbocycles. The second kappa shape index (κ2) is 4.57. The molecule has 0 saturated carbocycles. The van der Waals surface area contributed by atoms with E-state index in [-0.39, 0.29) is 17.6 Å². The molecule has 1 aliphatic rings. The summed E-state index contributed by atoms with van der Waals surface area (Å²) in [5, 5.41) is 13.6. The lowest BCUT2D eigenvalue weighted by Gasteiger charge is -2.25. The first-order valence-corrected chi connectivity index (χ1v) is 5.73. The maximum absolute atomic E-state index is 11.4. The van der Waals surface area contributed by atoms with Crippen LogP contribution in [0.4, 0.5) is 0 Å². The van der Waals surface area contributed by atoms with Crippen molar-refractivity contribution in [3.8, 4) is 5.75 Å². The molecule has 1 atom stereocenters. The van der Waals surface area contributed by atoms with Crippen LogP contribution >= 0.6 is 0 Å². The molecule has 0 fully saturated rings. The summed E-state index contributed by atoms with van der Waals surface area (Å²) in [5.74, 6) is 0.602. The van der Waals surface area contributed by atoms with Gasteiger partial charge in [0.2, 0.25) is 5.91 Å². The van der Waals surface area contributed by atoms with Crippen molar-refractivity contribution in [3.05, 3.63) is 29.8 Å². The third kappa shape index (κ3) is 2.46. The van der Waals surface area contributed by atoms with Crippen molar-refractivity contribution in [2.45, 2.75) is 20.3 Å². The van der Waals surface area contributed by atoms with Gasteiger partial charge in [-0.15, -0.1) is 0 Å². The molecule has 1 amide bonds. The van der Waals surface area contributed by atoms with Gasteiger partial charge in [-0.3, -0.25) is 4.79 Å². The highest BCUT2D eigenvalue weighted by Gasteiger charge is 2.28. The molecule has 1 heterocycles. The van der Waals surface area contributed by atoms with Crippen LogP contribution in [0.2, 0.25) is 0 Å². The number of phenols is 1. The van der Waals surface area contributed by atoms with Gasteiger partial charge in [-0.25, -0.2) is 5.43 Å².